The highest BCUT2D eigenvalue weighted by Gasteiger charge is 2.27. The monoisotopic (exact) mass is 429 g/mol. The summed E-state index contributed by atoms with van der Waals surface area (Å²) in [5.41, 5.74) is 2.94. The van der Waals surface area contributed by atoms with Gasteiger partial charge in [-0.3, -0.25) is 9.69 Å². The first-order valence-electron chi connectivity index (χ1n) is 10.4. The van der Waals surface area contributed by atoms with Crippen LogP contribution in [0.2, 0.25) is 0 Å². The molecule has 2 aromatic rings. The molecule has 0 radical (unpaired) electrons. The molecule has 1 fully saturated rings. The molecule has 0 spiro atoms. The van der Waals surface area contributed by atoms with E-state index >= 15 is 0 Å². The fourth-order valence-electron chi connectivity index (χ4n) is 3.63. The van der Waals surface area contributed by atoms with E-state index in [1.165, 1.54) is 15.9 Å². The topological polar surface area (TPSA) is 69.7 Å². The molecule has 1 amide bonds. The Kier molecular flexibility index (Phi) is 7.28. The Labute approximate surface area is 179 Å². The Morgan fingerprint density at radius 2 is 1.77 bits per heavy atom. The minimum Gasteiger partial charge on any atom is -0.325 e. The third-order valence-corrected chi connectivity index (χ3v) is 7.23. The van der Waals surface area contributed by atoms with E-state index in [0.29, 0.717) is 31.2 Å². The van der Waals surface area contributed by atoms with E-state index in [1.54, 1.807) is 18.2 Å². The standard InChI is InChI=1S/C23H31N3O3S/c1-18(2)20-11-9-19(10-12-20)16-25(3)17-23(27)24-21-7-6-8-22(15-21)30(28,29)26-13-4-5-14-26/h6-12,15,18H,4-5,13-14,16-17H2,1-3H3,(H,24,27). The first kappa shape index (κ1) is 22.5. The summed E-state index contributed by atoms with van der Waals surface area (Å²) in [4.78, 5) is 14.6. The van der Waals surface area contributed by atoms with Crippen molar-refractivity contribution in [3.63, 3.8) is 0 Å². The van der Waals surface area contributed by atoms with Gasteiger partial charge in [-0.05, 0) is 55.1 Å². The van der Waals surface area contributed by atoms with Crippen LogP contribution in [0.5, 0.6) is 0 Å². The number of carbonyl (C=O) groups excluding carboxylic acids is 1. The number of amides is 1. The average molecular weight is 430 g/mol. The molecule has 6 nitrogen and oxygen atoms in total. The summed E-state index contributed by atoms with van der Waals surface area (Å²) in [7, 11) is -1.61. The van der Waals surface area contributed by atoms with Crippen molar-refractivity contribution in [1.82, 2.24) is 9.21 Å². The molecule has 0 bridgehead atoms. The van der Waals surface area contributed by atoms with Crippen LogP contribution in [0.4, 0.5) is 5.69 Å². The van der Waals surface area contributed by atoms with Crippen molar-refractivity contribution in [2.45, 2.75) is 44.0 Å². The van der Waals surface area contributed by atoms with Crippen LogP contribution in [0.3, 0.4) is 0 Å². The summed E-state index contributed by atoms with van der Waals surface area (Å²) in [6, 6.07) is 14.9. The minimum absolute atomic E-state index is 0.174. The van der Waals surface area contributed by atoms with Crippen LogP contribution in [0.1, 0.15) is 43.7 Å². The van der Waals surface area contributed by atoms with Crippen molar-refractivity contribution in [2.24, 2.45) is 0 Å². The molecule has 3 rings (SSSR count). The molecule has 0 unspecified atom stereocenters. The second-order valence-electron chi connectivity index (χ2n) is 8.26. The van der Waals surface area contributed by atoms with Gasteiger partial charge in [0.2, 0.25) is 15.9 Å². The quantitative estimate of drug-likeness (QED) is 0.695. The van der Waals surface area contributed by atoms with Gasteiger partial charge in [-0.25, -0.2) is 8.42 Å². The normalized spacial score (nSPS) is 15.1. The molecule has 1 saturated heterocycles. The smallest absolute Gasteiger partial charge is 0.243 e. The van der Waals surface area contributed by atoms with Crippen molar-refractivity contribution >= 4 is 21.6 Å². The fourth-order valence-corrected chi connectivity index (χ4v) is 5.20. The van der Waals surface area contributed by atoms with Crippen LogP contribution in [0, 0.1) is 0 Å². The van der Waals surface area contributed by atoms with Gasteiger partial charge in [-0.1, -0.05) is 44.2 Å². The average Bonchev–Trinajstić information content (AvgIpc) is 3.24. The lowest BCUT2D eigenvalue weighted by Gasteiger charge is -2.18. The molecule has 1 aliphatic rings. The third-order valence-electron chi connectivity index (χ3n) is 5.33. The molecule has 0 aromatic heterocycles. The number of hydrogen-bond acceptors (Lipinski definition) is 4. The highest BCUT2D eigenvalue weighted by Crippen LogP contribution is 2.23. The molecule has 1 aliphatic heterocycles. The third kappa shape index (κ3) is 5.68. The van der Waals surface area contributed by atoms with Gasteiger partial charge in [0, 0.05) is 25.3 Å². The van der Waals surface area contributed by atoms with Gasteiger partial charge in [0.05, 0.1) is 11.4 Å². The molecule has 2 aromatic carbocycles. The number of hydrogen-bond donors (Lipinski definition) is 1. The Morgan fingerprint density at radius 1 is 1.10 bits per heavy atom. The second-order valence-corrected chi connectivity index (χ2v) is 10.2. The summed E-state index contributed by atoms with van der Waals surface area (Å²) < 4.78 is 27.0. The zero-order valence-corrected chi connectivity index (χ0v) is 18.8. The number of benzene rings is 2. The van der Waals surface area contributed by atoms with E-state index in [0.717, 1.165) is 18.4 Å². The van der Waals surface area contributed by atoms with Gasteiger partial charge in [0.1, 0.15) is 0 Å². The van der Waals surface area contributed by atoms with Crippen molar-refractivity contribution in [1.29, 1.82) is 0 Å². The molecule has 1 heterocycles. The second kappa shape index (κ2) is 9.73. The Balaban J connectivity index is 1.58. The first-order chi connectivity index (χ1) is 14.3. The molecule has 1 N–H and O–H groups in total. The molecule has 30 heavy (non-hydrogen) atoms. The number of rotatable bonds is 8. The van der Waals surface area contributed by atoms with E-state index < -0.39 is 10.0 Å². The van der Waals surface area contributed by atoms with E-state index in [2.05, 4.69) is 43.4 Å². The van der Waals surface area contributed by atoms with Crippen molar-refractivity contribution in [2.75, 3.05) is 32.0 Å². The summed E-state index contributed by atoms with van der Waals surface area (Å²) in [5, 5.41) is 2.82. The Hall–Kier alpha value is -2.22. The lowest BCUT2D eigenvalue weighted by Crippen LogP contribution is -2.30. The first-order valence-corrected chi connectivity index (χ1v) is 11.9. The van der Waals surface area contributed by atoms with Gasteiger partial charge in [0.25, 0.3) is 0 Å². The van der Waals surface area contributed by atoms with E-state index in [4.69, 9.17) is 0 Å². The van der Waals surface area contributed by atoms with E-state index in [9.17, 15) is 13.2 Å². The molecule has 162 valence electrons. The predicted octanol–water partition coefficient (Wildman–Crippen LogP) is 3.67. The Bertz CT molecular complexity index is 965. The maximum Gasteiger partial charge on any atom is 0.243 e. The molecule has 0 saturated carbocycles. The highest BCUT2D eigenvalue weighted by atomic mass is 32.2. The molecular weight excluding hydrogens is 398 g/mol. The zero-order valence-electron chi connectivity index (χ0n) is 18.0. The SMILES string of the molecule is CC(C)c1ccc(CN(C)CC(=O)Nc2cccc(S(=O)(=O)N3CCCC3)c2)cc1. The van der Waals surface area contributed by atoms with Crippen LogP contribution < -0.4 is 5.32 Å². The van der Waals surface area contributed by atoms with E-state index in [1.807, 2.05) is 11.9 Å². The Morgan fingerprint density at radius 3 is 2.40 bits per heavy atom. The number of nitrogens with zero attached hydrogens (tertiary/aromatic N) is 2. The summed E-state index contributed by atoms with van der Waals surface area (Å²) in [5.74, 6) is 0.319. The summed E-state index contributed by atoms with van der Waals surface area (Å²) in [6.07, 6.45) is 1.78. The number of nitrogens with one attached hydrogen (secondary N) is 1. The summed E-state index contributed by atoms with van der Waals surface area (Å²) in [6.45, 7) is 6.32. The van der Waals surface area contributed by atoms with Gasteiger partial charge in [0.15, 0.2) is 0 Å². The number of likely N-dealkylation sites (N-methyl/N-ethyl adjacent to an activating group) is 1. The maximum absolute atomic E-state index is 12.7. The number of anilines is 1. The lowest BCUT2D eigenvalue weighted by molar-refractivity contribution is -0.117. The molecule has 0 atom stereocenters. The molecular formula is C23H31N3O3S. The van der Waals surface area contributed by atoms with Crippen LogP contribution in [-0.2, 0) is 21.4 Å². The zero-order chi connectivity index (χ0) is 21.7. The fraction of sp³-hybridized carbons (Fsp3) is 0.435. The van der Waals surface area contributed by atoms with Crippen LogP contribution in [0.25, 0.3) is 0 Å². The van der Waals surface area contributed by atoms with E-state index in [-0.39, 0.29) is 17.3 Å². The number of carbonyl (C=O) groups is 1. The maximum atomic E-state index is 12.7. The minimum atomic E-state index is -3.50. The lowest BCUT2D eigenvalue weighted by atomic mass is 10.0. The van der Waals surface area contributed by atoms with Crippen LogP contribution >= 0.6 is 0 Å². The van der Waals surface area contributed by atoms with Crippen molar-refractivity contribution in [3.8, 4) is 0 Å². The van der Waals surface area contributed by atoms with Crippen molar-refractivity contribution < 1.29 is 13.2 Å². The molecule has 7 heteroatoms. The largest absolute Gasteiger partial charge is 0.325 e. The van der Waals surface area contributed by atoms with Gasteiger partial charge < -0.3 is 5.32 Å². The van der Waals surface area contributed by atoms with Gasteiger partial charge in [-0.2, -0.15) is 4.31 Å². The summed E-state index contributed by atoms with van der Waals surface area (Å²) >= 11 is 0. The van der Waals surface area contributed by atoms with Crippen molar-refractivity contribution in [3.05, 3.63) is 59.7 Å². The van der Waals surface area contributed by atoms with Gasteiger partial charge >= 0.3 is 0 Å². The molecule has 0 aliphatic carbocycles. The highest BCUT2D eigenvalue weighted by molar-refractivity contribution is 7.89. The van der Waals surface area contributed by atoms with Gasteiger partial charge in [-0.15, -0.1) is 0 Å². The number of sulfonamides is 1. The van der Waals surface area contributed by atoms with Crippen LogP contribution in [0.15, 0.2) is 53.4 Å². The predicted molar refractivity (Wildman–Crippen MR) is 120 cm³/mol. The van der Waals surface area contributed by atoms with Crippen LogP contribution in [-0.4, -0.2) is 50.2 Å².